The van der Waals surface area contributed by atoms with Crippen LogP contribution in [0.3, 0.4) is 0 Å². The van der Waals surface area contributed by atoms with E-state index in [0.717, 1.165) is 56.9 Å². The van der Waals surface area contributed by atoms with E-state index in [1.807, 2.05) is 51.1 Å². The lowest BCUT2D eigenvalue weighted by molar-refractivity contribution is -0.114. The predicted molar refractivity (Wildman–Crippen MR) is 215 cm³/mol. The van der Waals surface area contributed by atoms with Crippen LogP contribution in [0.15, 0.2) is 55.0 Å². The molecular formula is C40H78N2O7S. The molecule has 0 saturated carbocycles. The number of para-hydroxylation sites is 1. The zero-order valence-corrected chi connectivity index (χ0v) is 33.8. The summed E-state index contributed by atoms with van der Waals surface area (Å²) in [5.41, 5.74) is 11.4. The van der Waals surface area contributed by atoms with E-state index in [-0.39, 0.29) is 11.5 Å². The molecule has 0 radical (unpaired) electrons. The molecule has 0 spiro atoms. The largest absolute Gasteiger partial charge is 0.399 e. The Morgan fingerprint density at radius 3 is 1.62 bits per heavy atom. The van der Waals surface area contributed by atoms with E-state index in [1.54, 1.807) is 0 Å². The molecule has 4 N–H and O–H groups in total. The quantitative estimate of drug-likeness (QED) is 0.0461. The van der Waals surface area contributed by atoms with Gasteiger partial charge in [0.25, 0.3) is 0 Å². The Hall–Kier alpha value is -2.08. The third-order valence-electron chi connectivity index (χ3n) is 6.55. The highest BCUT2D eigenvalue weighted by Gasteiger charge is 2.20. The van der Waals surface area contributed by atoms with Gasteiger partial charge in [-0.15, -0.1) is 0 Å². The van der Waals surface area contributed by atoms with Crippen LogP contribution in [0, 0.1) is 0 Å². The number of anilines is 1. The van der Waals surface area contributed by atoms with Crippen LogP contribution in [0.25, 0.3) is 0 Å². The monoisotopic (exact) mass is 731 g/mol. The number of carbonyl (C=O) groups excluding carboxylic acids is 1. The summed E-state index contributed by atoms with van der Waals surface area (Å²) in [5, 5.41) is 1.01. The number of ether oxygens (including phenoxy) is 4. The summed E-state index contributed by atoms with van der Waals surface area (Å²) < 4.78 is 42.1. The number of hydrogen-bond donors (Lipinski definition) is 2. The molecule has 0 bridgehead atoms. The summed E-state index contributed by atoms with van der Waals surface area (Å²) >= 11 is 0. The standard InChI is InChI=1S/C8H16O3S.C8H16O2.C8H14O2.C6H7N.C5H13N.C5H12/c1-3-11-7-5-6-8-12(9,10)4-2;1-2-9-6-4-3-5-8-7-10-8;1-3-8(9)6-5-7-10-4-2;7-6-4-2-1-3-5-6;1-2-3-4-5-6;1-3-5-4-2/h4H,2-3,5-8H2,1H3;8H,2-7H2,1H3;3H,1,4-7H2,2H3;1-5H,7H2;2-6H2,1H3;3-5H2,1-2H3. The van der Waals surface area contributed by atoms with Gasteiger partial charge in [0.15, 0.2) is 15.6 Å². The second kappa shape index (κ2) is 46.9. The topological polar surface area (TPSA) is 143 Å². The van der Waals surface area contributed by atoms with Crippen LogP contribution in [0.4, 0.5) is 5.69 Å². The van der Waals surface area contributed by atoms with Crippen molar-refractivity contribution in [2.45, 2.75) is 131 Å². The van der Waals surface area contributed by atoms with Crippen LogP contribution in [0.2, 0.25) is 0 Å². The number of allylic oxidation sites excluding steroid dienone is 1. The number of epoxide rings is 1. The van der Waals surface area contributed by atoms with E-state index in [4.69, 9.17) is 30.4 Å². The Morgan fingerprint density at radius 1 is 0.780 bits per heavy atom. The third kappa shape index (κ3) is 58.1. The Labute approximate surface area is 308 Å². The van der Waals surface area contributed by atoms with Gasteiger partial charge in [-0.3, -0.25) is 4.79 Å². The van der Waals surface area contributed by atoms with E-state index in [2.05, 4.69) is 33.9 Å². The van der Waals surface area contributed by atoms with Crippen molar-refractivity contribution in [3.63, 3.8) is 0 Å². The zero-order valence-electron chi connectivity index (χ0n) is 33.0. The van der Waals surface area contributed by atoms with Crippen LogP contribution >= 0.6 is 0 Å². The van der Waals surface area contributed by atoms with Gasteiger partial charge in [0.05, 0.1) is 18.5 Å². The molecule has 2 rings (SSSR count). The van der Waals surface area contributed by atoms with Gasteiger partial charge in [-0.05, 0) is 90.5 Å². The second-order valence-electron chi connectivity index (χ2n) is 11.3. The first-order valence-electron chi connectivity index (χ1n) is 18.9. The molecule has 1 atom stereocenters. The van der Waals surface area contributed by atoms with Crippen molar-refractivity contribution >= 4 is 21.3 Å². The molecule has 50 heavy (non-hydrogen) atoms. The van der Waals surface area contributed by atoms with Crippen LogP contribution in [-0.2, 0) is 33.6 Å². The molecule has 0 aliphatic carbocycles. The molecule has 10 heteroatoms. The fourth-order valence-electron chi connectivity index (χ4n) is 3.49. The Morgan fingerprint density at radius 2 is 1.28 bits per heavy atom. The van der Waals surface area contributed by atoms with Gasteiger partial charge in [0, 0.05) is 57.2 Å². The lowest BCUT2D eigenvalue weighted by atomic mass is 10.2. The van der Waals surface area contributed by atoms with E-state index >= 15 is 0 Å². The molecule has 0 aromatic heterocycles. The molecule has 9 nitrogen and oxygen atoms in total. The van der Waals surface area contributed by atoms with Gasteiger partial charge in [0.2, 0.25) is 0 Å². The molecule has 1 aliphatic rings. The number of nitrogen functional groups attached to an aromatic ring is 1. The molecule has 1 aromatic carbocycles. The smallest absolute Gasteiger partial charge is 0.171 e. The SMILES string of the molecule is C=CC(=O)CCCOCC.C=CS(=O)(=O)CCCCOCC.CCCCC.CCCCCN.CCOCCCCC1CO1.Nc1ccccc1. The summed E-state index contributed by atoms with van der Waals surface area (Å²) in [7, 11) is -3.00. The van der Waals surface area contributed by atoms with Gasteiger partial charge in [-0.1, -0.05) is 84.2 Å². The van der Waals surface area contributed by atoms with Crippen molar-refractivity contribution in [2.24, 2.45) is 5.73 Å². The first-order valence-corrected chi connectivity index (χ1v) is 20.7. The van der Waals surface area contributed by atoms with Gasteiger partial charge in [0.1, 0.15) is 0 Å². The summed E-state index contributed by atoms with van der Waals surface area (Å²) in [6.07, 6.45) is 16.3. The second-order valence-corrected chi connectivity index (χ2v) is 13.4. The fraction of sp³-hybridized carbons (Fsp3) is 0.725. The lowest BCUT2D eigenvalue weighted by Gasteiger charge is -1.99. The minimum atomic E-state index is -3.00. The van der Waals surface area contributed by atoms with Crippen LogP contribution in [0.5, 0.6) is 0 Å². The highest BCUT2D eigenvalue weighted by molar-refractivity contribution is 7.94. The van der Waals surface area contributed by atoms with Gasteiger partial charge in [-0.25, -0.2) is 8.42 Å². The molecule has 1 heterocycles. The summed E-state index contributed by atoms with van der Waals surface area (Å²) in [6, 6.07) is 9.49. The van der Waals surface area contributed by atoms with Crippen molar-refractivity contribution in [1.29, 1.82) is 0 Å². The average molecular weight is 731 g/mol. The Kier molecular flexibility index (Phi) is 51.3. The molecule has 1 saturated heterocycles. The minimum absolute atomic E-state index is 0.0969. The number of rotatable bonds is 24. The van der Waals surface area contributed by atoms with Crippen molar-refractivity contribution in [2.75, 3.05) is 64.3 Å². The molecule has 296 valence electrons. The van der Waals surface area contributed by atoms with E-state index in [1.165, 1.54) is 63.9 Å². The van der Waals surface area contributed by atoms with Gasteiger partial charge in [-0.2, -0.15) is 0 Å². The van der Waals surface area contributed by atoms with E-state index in [0.29, 0.717) is 38.8 Å². The summed E-state index contributed by atoms with van der Waals surface area (Å²) in [4.78, 5) is 10.6. The first kappa shape index (κ1) is 54.7. The average Bonchev–Trinajstić information content (AvgIpc) is 3.96. The number of unbranched alkanes of at least 4 members (excludes halogenated alkanes) is 6. The van der Waals surface area contributed by atoms with E-state index in [9.17, 15) is 13.2 Å². The highest BCUT2D eigenvalue weighted by atomic mass is 32.2. The van der Waals surface area contributed by atoms with E-state index < -0.39 is 9.84 Å². The highest BCUT2D eigenvalue weighted by Crippen LogP contribution is 2.16. The normalized spacial score (nSPS) is 12.3. The van der Waals surface area contributed by atoms with Gasteiger partial charge < -0.3 is 30.4 Å². The molecular weight excluding hydrogens is 653 g/mol. The number of benzene rings is 1. The number of carbonyl (C=O) groups is 1. The predicted octanol–water partition coefficient (Wildman–Crippen LogP) is 9.11. The van der Waals surface area contributed by atoms with Crippen molar-refractivity contribution in [1.82, 2.24) is 0 Å². The van der Waals surface area contributed by atoms with Crippen LogP contribution in [0.1, 0.15) is 125 Å². The van der Waals surface area contributed by atoms with Gasteiger partial charge >= 0.3 is 0 Å². The van der Waals surface area contributed by atoms with Crippen molar-refractivity contribution in [3.8, 4) is 0 Å². The Bertz CT molecular complexity index is 906. The zero-order chi connectivity index (χ0) is 38.6. The maximum atomic E-state index is 10.9. The summed E-state index contributed by atoms with van der Waals surface area (Å²) in [6.45, 7) is 25.4. The molecule has 1 aromatic rings. The maximum Gasteiger partial charge on any atom is 0.171 e. The van der Waals surface area contributed by atoms with Crippen LogP contribution in [-0.4, -0.2) is 78.9 Å². The molecule has 1 fully saturated rings. The summed E-state index contributed by atoms with van der Waals surface area (Å²) in [5.74, 6) is 0.281. The van der Waals surface area contributed by atoms with Crippen molar-refractivity contribution in [3.05, 3.63) is 55.0 Å². The van der Waals surface area contributed by atoms with Crippen LogP contribution < -0.4 is 11.5 Å². The van der Waals surface area contributed by atoms with Crippen molar-refractivity contribution < 1.29 is 32.2 Å². The first-order chi connectivity index (χ1) is 24.1. The number of nitrogens with two attached hydrogens (primary N) is 2. The minimum Gasteiger partial charge on any atom is -0.399 e. The molecule has 1 unspecified atom stereocenters. The third-order valence-corrected chi connectivity index (χ3v) is 7.92. The molecule has 1 aliphatic heterocycles. The lowest BCUT2D eigenvalue weighted by Crippen LogP contribution is -2.03. The number of hydrogen-bond acceptors (Lipinski definition) is 9. The fourth-order valence-corrected chi connectivity index (χ4v) is 4.26. The Balaban J connectivity index is -0.000000260. The molecule has 0 amide bonds. The maximum absolute atomic E-state index is 10.9. The number of sulfone groups is 1. The number of ketones is 1.